The molecule has 3 rings (SSSR count). The van der Waals surface area contributed by atoms with Crippen LogP contribution in [0.15, 0.2) is 48.5 Å². The SMILES string of the molecule is O=C(NCc1ccc(Cl)cc1)N1CCN(c2cccc(Cl)c2)CC1. The third-order valence-corrected chi connectivity index (χ3v) is 4.58. The van der Waals surface area contributed by atoms with E-state index in [0.717, 1.165) is 29.4 Å². The summed E-state index contributed by atoms with van der Waals surface area (Å²) < 4.78 is 0. The minimum absolute atomic E-state index is 0.0318. The molecular weight excluding hydrogens is 345 g/mol. The van der Waals surface area contributed by atoms with Crippen LogP contribution in [0, 0.1) is 0 Å². The Morgan fingerprint density at radius 1 is 0.958 bits per heavy atom. The van der Waals surface area contributed by atoms with Crippen LogP contribution in [0.4, 0.5) is 10.5 Å². The highest BCUT2D eigenvalue weighted by atomic mass is 35.5. The van der Waals surface area contributed by atoms with Crippen LogP contribution >= 0.6 is 23.2 Å². The number of carbonyl (C=O) groups is 1. The average Bonchev–Trinajstić information content (AvgIpc) is 2.61. The van der Waals surface area contributed by atoms with E-state index in [-0.39, 0.29) is 6.03 Å². The van der Waals surface area contributed by atoms with Crippen molar-refractivity contribution in [2.24, 2.45) is 0 Å². The lowest BCUT2D eigenvalue weighted by Gasteiger charge is -2.36. The lowest BCUT2D eigenvalue weighted by atomic mass is 10.2. The number of carbonyl (C=O) groups excluding carboxylic acids is 1. The number of nitrogens with one attached hydrogen (secondary N) is 1. The van der Waals surface area contributed by atoms with Crippen LogP contribution in [0.25, 0.3) is 0 Å². The van der Waals surface area contributed by atoms with Gasteiger partial charge in [-0.3, -0.25) is 0 Å². The minimum atomic E-state index is -0.0318. The number of amides is 2. The first-order valence-electron chi connectivity index (χ1n) is 7.89. The van der Waals surface area contributed by atoms with Gasteiger partial charge in [0.1, 0.15) is 0 Å². The molecule has 1 aliphatic heterocycles. The summed E-state index contributed by atoms with van der Waals surface area (Å²) in [5, 5.41) is 4.38. The summed E-state index contributed by atoms with van der Waals surface area (Å²) in [5.41, 5.74) is 2.13. The van der Waals surface area contributed by atoms with Gasteiger partial charge in [-0.25, -0.2) is 4.79 Å². The summed E-state index contributed by atoms with van der Waals surface area (Å²) in [6.45, 7) is 3.49. The highest BCUT2D eigenvalue weighted by molar-refractivity contribution is 6.31. The number of hydrogen-bond acceptors (Lipinski definition) is 2. The van der Waals surface area contributed by atoms with E-state index in [1.165, 1.54) is 0 Å². The van der Waals surface area contributed by atoms with Gasteiger partial charge in [0.05, 0.1) is 0 Å². The molecule has 0 bridgehead atoms. The molecule has 1 aliphatic rings. The second-order valence-electron chi connectivity index (χ2n) is 5.74. The first-order valence-corrected chi connectivity index (χ1v) is 8.65. The first kappa shape index (κ1) is 16.9. The zero-order valence-corrected chi connectivity index (χ0v) is 14.7. The Bertz CT molecular complexity index is 698. The predicted octanol–water partition coefficient (Wildman–Crippen LogP) is 4.03. The van der Waals surface area contributed by atoms with E-state index < -0.39 is 0 Å². The van der Waals surface area contributed by atoms with Crippen molar-refractivity contribution in [3.8, 4) is 0 Å². The quantitative estimate of drug-likeness (QED) is 0.893. The zero-order chi connectivity index (χ0) is 16.9. The zero-order valence-electron chi connectivity index (χ0n) is 13.2. The Morgan fingerprint density at radius 2 is 1.67 bits per heavy atom. The van der Waals surface area contributed by atoms with Crippen LogP contribution in [0.2, 0.25) is 10.0 Å². The van der Waals surface area contributed by atoms with Gasteiger partial charge >= 0.3 is 6.03 Å². The van der Waals surface area contributed by atoms with Crippen LogP contribution in [-0.2, 0) is 6.54 Å². The van der Waals surface area contributed by atoms with Crippen LogP contribution in [-0.4, -0.2) is 37.1 Å². The Hall–Kier alpha value is -1.91. The smallest absolute Gasteiger partial charge is 0.317 e. The molecule has 0 radical (unpaired) electrons. The summed E-state index contributed by atoms with van der Waals surface area (Å²) in [6, 6.07) is 15.3. The summed E-state index contributed by atoms with van der Waals surface area (Å²) in [7, 11) is 0. The molecule has 24 heavy (non-hydrogen) atoms. The Balaban J connectivity index is 1.49. The molecule has 0 unspecified atom stereocenters. The molecule has 2 aromatic rings. The highest BCUT2D eigenvalue weighted by Gasteiger charge is 2.21. The normalized spacial score (nSPS) is 14.6. The fourth-order valence-electron chi connectivity index (χ4n) is 2.73. The standard InChI is InChI=1S/C18H19Cl2N3O/c19-15-6-4-14(5-7-15)13-21-18(24)23-10-8-22(9-11-23)17-3-1-2-16(20)12-17/h1-7,12H,8-11,13H2,(H,21,24). The number of urea groups is 1. The van der Waals surface area contributed by atoms with E-state index in [2.05, 4.69) is 10.2 Å². The molecule has 2 aromatic carbocycles. The second-order valence-corrected chi connectivity index (χ2v) is 6.61. The van der Waals surface area contributed by atoms with Gasteiger partial charge < -0.3 is 15.1 Å². The van der Waals surface area contributed by atoms with Crippen molar-refractivity contribution >= 4 is 34.9 Å². The third-order valence-electron chi connectivity index (χ3n) is 4.10. The Labute approximate surface area is 152 Å². The van der Waals surface area contributed by atoms with Crippen molar-refractivity contribution in [3.63, 3.8) is 0 Å². The lowest BCUT2D eigenvalue weighted by molar-refractivity contribution is 0.194. The molecule has 6 heteroatoms. The van der Waals surface area contributed by atoms with Crippen LogP contribution < -0.4 is 10.2 Å². The van der Waals surface area contributed by atoms with E-state index in [9.17, 15) is 4.79 Å². The predicted molar refractivity (Wildman–Crippen MR) is 98.9 cm³/mol. The number of benzene rings is 2. The van der Waals surface area contributed by atoms with Gasteiger partial charge in [0.2, 0.25) is 0 Å². The molecule has 1 fully saturated rings. The minimum Gasteiger partial charge on any atom is -0.368 e. The monoisotopic (exact) mass is 363 g/mol. The molecule has 0 aliphatic carbocycles. The number of anilines is 1. The van der Waals surface area contributed by atoms with Gasteiger partial charge in [-0.2, -0.15) is 0 Å². The summed E-state index contributed by atoms with van der Waals surface area (Å²) in [5.74, 6) is 0. The lowest BCUT2D eigenvalue weighted by Crippen LogP contribution is -2.51. The van der Waals surface area contributed by atoms with Gasteiger partial charge in [0, 0.05) is 48.5 Å². The average molecular weight is 364 g/mol. The van der Waals surface area contributed by atoms with Crippen molar-refractivity contribution in [1.29, 1.82) is 0 Å². The van der Waals surface area contributed by atoms with Crippen molar-refractivity contribution in [3.05, 3.63) is 64.1 Å². The van der Waals surface area contributed by atoms with Crippen molar-refractivity contribution in [2.75, 3.05) is 31.1 Å². The molecule has 2 amide bonds. The van der Waals surface area contributed by atoms with Gasteiger partial charge in [-0.05, 0) is 35.9 Å². The maximum atomic E-state index is 12.3. The summed E-state index contributed by atoms with van der Waals surface area (Å²) >= 11 is 11.9. The molecule has 1 heterocycles. The molecule has 0 spiro atoms. The van der Waals surface area contributed by atoms with E-state index in [0.29, 0.717) is 24.7 Å². The highest BCUT2D eigenvalue weighted by Crippen LogP contribution is 2.20. The van der Waals surface area contributed by atoms with E-state index in [1.807, 2.05) is 53.4 Å². The molecule has 0 aromatic heterocycles. The largest absolute Gasteiger partial charge is 0.368 e. The maximum Gasteiger partial charge on any atom is 0.317 e. The number of hydrogen-bond donors (Lipinski definition) is 1. The fraction of sp³-hybridized carbons (Fsp3) is 0.278. The molecule has 4 nitrogen and oxygen atoms in total. The summed E-state index contributed by atoms with van der Waals surface area (Å²) in [4.78, 5) is 16.4. The van der Waals surface area contributed by atoms with Crippen molar-refractivity contribution in [1.82, 2.24) is 10.2 Å². The number of nitrogens with zero attached hydrogens (tertiary/aromatic N) is 2. The van der Waals surface area contributed by atoms with Crippen LogP contribution in [0.5, 0.6) is 0 Å². The molecule has 126 valence electrons. The van der Waals surface area contributed by atoms with Crippen molar-refractivity contribution < 1.29 is 4.79 Å². The summed E-state index contributed by atoms with van der Waals surface area (Å²) in [6.07, 6.45) is 0. The van der Waals surface area contributed by atoms with Gasteiger partial charge in [-0.15, -0.1) is 0 Å². The molecular formula is C18H19Cl2N3O. The number of piperazine rings is 1. The third kappa shape index (κ3) is 4.34. The van der Waals surface area contributed by atoms with E-state index in [4.69, 9.17) is 23.2 Å². The molecule has 1 saturated heterocycles. The Kier molecular flexibility index (Phi) is 5.48. The number of rotatable bonds is 3. The van der Waals surface area contributed by atoms with E-state index in [1.54, 1.807) is 0 Å². The van der Waals surface area contributed by atoms with E-state index >= 15 is 0 Å². The van der Waals surface area contributed by atoms with Gasteiger partial charge in [0.15, 0.2) is 0 Å². The second kappa shape index (κ2) is 7.77. The Morgan fingerprint density at radius 3 is 2.33 bits per heavy atom. The fourth-order valence-corrected chi connectivity index (χ4v) is 3.04. The van der Waals surface area contributed by atoms with Gasteiger partial charge in [-0.1, -0.05) is 41.4 Å². The van der Waals surface area contributed by atoms with Crippen LogP contribution in [0.1, 0.15) is 5.56 Å². The molecule has 1 N–H and O–H groups in total. The molecule has 0 atom stereocenters. The maximum absolute atomic E-state index is 12.3. The first-order chi connectivity index (χ1) is 11.6. The topological polar surface area (TPSA) is 35.6 Å². The number of halogens is 2. The van der Waals surface area contributed by atoms with Crippen LogP contribution in [0.3, 0.4) is 0 Å². The molecule has 0 saturated carbocycles. The van der Waals surface area contributed by atoms with Crippen molar-refractivity contribution in [2.45, 2.75) is 6.54 Å². The van der Waals surface area contributed by atoms with Gasteiger partial charge in [0.25, 0.3) is 0 Å².